The Morgan fingerprint density at radius 3 is 2.47 bits per heavy atom. The molecule has 0 aliphatic rings. The monoisotopic (exact) mass is 591 g/mol. The second-order valence-electron chi connectivity index (χ2n) is 7.81. The van der Waals surface area contributed by atoms with E-state index in [4.69, 9.17) is 27.9 Å². The lowest BCUT2D eigenvalue weighted by Crippen LogP contribution is -2.34. The van der Waals surface area contributed by atoms with E-state index in [2.05, 4.69) is 4.98 Å². The number of carbonyl (C=O) groups is 1. The van der Waals surface area contributed by atoms with Crippen molar-refractivity contribution in [2.24, 2.45) is 0 Å². The van der Waals surface area contributed by atoms with Gasteiger partial charge in [0.15, 0.2) is 11.0 Å². The van der Waals surface area contributed by atoms with Gasteiger partial charge in [0.05, 0.1) is 26.9 Å². The van der Waals surface area contributed by atoms with E-state index in [-0.39, 0.29) is 27.7 Å². The van der Waals surface area contributed by atoms with Crippen molar-refractivity contribution in [2.45, 2.75) is 19.2 Å². The molecule has 2 unspecified atom stereocenters. The van der Waals surface area contributed by atoms with Gasteiger partial charge in [-0.2, -0.15) is 13.2 Å². The van der Waals surface area contributed by atoms with Crippen LogP contribution in [0.5, 0.6) is 0 Å². The Labute approximate surface area is 226 Å². The number of aryl methyl sites for hydroxylation is 1. The van der Waals surface area contributed by atoms with E-state index in [1.807, 2.05) is 0 Å². The Morgan fingerprint density at radius 1 is 1.21 bits per heavy atom. The fourth-order valence-corrected chi connectivity index (χ4v) is 4.87. The molecule has 0 spiro atoms. The predicted molar refractivity (Wildman–Crippen MR) is 134 cm³/mol. The zero-order chi connectivity index (χ0) is 28.4. The minimum Gasteiger partial charge on any atom is -0.382 e. The van der Waals surface area contributed by atoms with Crippen molar-refractivity contribution < 1.29 is 36.9 Å². The highest BCUT2D eigenvalue weighted by molar-refractivity contribution is 8.02. The molecule has 15 heteroatoms. The summed E-state index contributed by atoms with van der Waals surface area (Å²) in [7, 11) is -1.47. The largest absolute Gasteiger partial charge is 0.417 e. The number of alkyl halides is 3. The third kappa shape index (κ3) is 6.30. The molecule has 38 heavy (non-hydrogen) atoms. The number of hydrogen-bond acceptors (Lipinski definition) is 7. The van der Waals surface area contributed by atoms with Gasteiger partial charge in [0.2, 0.25) is 0 Å². The zero-order valence-electron chi connectivity index (χ0n) is 19.5. The number of nitro benzene ring substituents is 1. The molecule has 0 aliphatic heterocycles. The summed E-state index contributed by atoms with van der Waals surface area (Å²) >= 11 is 11.8. The molecule has 1 N–H and O–H groups in total. The number of ether oxygens (including phenoxy) is 1. The molecule has 2 aromatic carbocycles. The Kier molecular flexibility index (Phi) is 9.10. The number of methoxy groups -OCH3 is 1. The van der Waals surface area contributed by atoms with E-state index in [9.17, 15) is 37.4 Å². The number of rotatable bonds is 8. The van der Waals surface area contributed by atoms with Gasteiger partial charge in [-0.25, -0.2) is 4.21 Å². The number of aliphatic hydroxyl groups is 1. The van der Waals surface area contributed by atoms with Crippen molar-refractivity contribution in [3.05, 3.63) is 96.8 Å². The van der Waals surface area contributed by atoms with Crippen molar-refractivity contribution >= 4 is 50.7 Å². The Bertz CT molecular complexity index is 1420. The molecular weight excluding hydrogens is 574 g/mol. The maximum absolute atomic E-state index is 13.4. The van der Waals surface area contributed by atoms with Crippen LogP contribution in [0.1, 0.15) is 38.8 Å². The Balaban J connectivity index is 2.10. The highest BCUT2D eigenvalue weighted by atomic mass is 35.5. The first-order chi connectivity index (χ1) is 17.8. The van der Waals surface area contributed by atoms with Gasteiger partial charge in [0.1, 0.15) is 12.8 Å². The number of halogens is 5. The van der Waals surface area contributed by atoms with Crippen molar-refractivity contribution in [2.75, 3.05) is 18.1 Å². The van der Waals surface area contributed by atoms with Crippen LogP contribution in [0.25, 0.3) is 0 Å². The van der Waals surface area contributed by atoms with Gasteiger partial charge in [-0.3, -0.25) is 24.2 Å². The molecule has 2 atom stereocenters. The van der Waals surface area contributed by atoms with E-state index in [1.54, 1.807) is 6.92 Å². The lowest BCUT2D eigenvalue weighted by atomic mass is 10.0. The summed E-state index contributed by atoms with van der Waals surface area (Å²) in [5.74, 6) is 0. The minimum absolute atomic E-state index is 0.0345. The van der Waals surface area contributed by atoms with Gasteiger partial charge in [-0.05, 0) is 42.8 Å². The van der Waals surface area contributed by atoms with Crippen LogP contribution in [0, 0.1) is 17.0 Å². The maximum atomic E-state index is 13.4. The molecule has 0 bridgehead atoms. The van der Waals surface area contributed by atoms with Gasteiger partial charge < -0.3 is 9.84 Å². The lowest BCUT2D eigenvalue weighted by molar-refractivity contribution is -0.385. The number of aromatic nitrogens is 1. The Morgan fingerprint density at radius 2 is 1.87 bits per heavy atom. The van der Waals surface area contributed by atoms with Crippen LogP contribution in [0.2, 0.25) is 10.0 Å². The molecule has 0 fully saturated rings. The van der Waals surface area contributed by atoms with Gasteiger partial charge in [-0.1, -0.05) is 23.2 Å². The van der Waals surface area contributed by atoms with E-state index in [0.29, 0.717) is 11.6 Å². The van der Waals surface area contributed by atoms with Gasteiger partial charge in [0.25, 0.3) is 10.8 Å². The second-order valence-corrected chi connectivity index (χ2v) is 9.93. The molecule has 9 nitrogen and oxygen atoms in total. The highest BCUT2D eigenvalue weighted by Gasteiger charge is 2.35. The van der Waals surface area contributed by atoms with Crippen LogP contribution in [-0.2, 0) is 21.9 Å². The average molecular weight is 592 g/mol. The quantitative estimate of drug-likeness (QED) is 0.205. The normalized spacial score (nSPS) is 13.2. The first-order valence-electron chi connectivity index (χ1n) is 10.4. The molecule has 0 amide bonds. The van der Waals surface area contributed by atoms with Crippen LogP contribution in [0.15, 0.2) is 48.7 Å². The molecule has 3 rings (SSSR count). The summed E-state index contributed by atoms with van der Waals surface area (Å²) in [5, 5.41) is 20.4. The van der Waals surface area contributed by atoms with Gasteiger partial charge in [0, 0.05) is 41.6 Å². The summed E-state index contributed by atoms with van der Waals surface area (Å²) < 4.78 is 59.3. The summed E-state index contributed by atoms with van der Waals surface area (Å²) in [4.78, 5) is 27.7. The van der Waals surface area contributed by atoms with Crippen molar-refractivity contribution in [1.29, 1.82) is 0 Å². The van der Waals surface area contributed by atoms with Crippen LogP contribution >= 0.6 is 23.2 Å². The molecule has 202 valence electrons. The summed E-state index contributed by atoms with van der Waals surface area (Å²) in [6, 6.07) is 7.13. The van der Waals surface area contributed by atoms with Crippen LogP contribution < -0.4 is 4.31 Å². The smallest absolute Gasteiger partial charge is 0.382 e. The fraction of sp³-hybridized carbons (Fsp3) is 0.217. The van der Waals surface area contributed by atoms with Crippen molar-refractivity contribution in [3.63, 3.8) is 0 Å². The number of hydrogen-bond donors (Lipinski definition) is 1. The maximum Gasteiger partial charge on any atom is 0.417 e. The molecule has 1 heterocycles. The first-order valence-corrected chi connectivity index (χ1v) is 12.3. The molecule has 3 aromatic rings. The van der Waals surface area contributed by atoms with Gasteiger partial charge in [-0.15, -0.1) is 0 Å². The number of aliphatic hydroxyl groups excluding tert-OH is 1. The van der Waals surface area contributed by atoms with E-state index in [0.717, 1.165) is 28.6 Å². The highest BCUT2D eigenvalue weighted by Crippen LogP contribution is 2.37. The molecule has 0 aliphatic carbocycles. The molecule has 0 saturated carbocycles. The second kappa shape index (κ2) is 11.7. The van der Waals surface area contributed by atoms with Gasteiger partial charge >= 0.3 is 6.18 Å². The summed E-state index contributed by atoms with van der Waals surface area (Å²) in [5.41, 5.74) is -2.06. The standard InChI is InChI=1S/C23H18Cl2F3N3O6S/c1-12-7-19(20(29-10-12)21(32)15-9-14(31(34)35)4-6-17(15)24)30(11-37-2)38(36)22(33)13-3-5-18(25)16(8-13)23(26,27)28/h3-10,21,32H,11H2,1-2H3. The van der Waals surface area contributed by atoms with Crippen LogP contribution in [-0.4, -0.2) is 38.2 Å². The molecule has 0 radical (unpaired) electrons. The minimum atomic E-state index is -4.86. The van der Waals surface area contributed by atoms with E-state index < -0.39 is 56.2 Å². The summed E-state index contributed by atoms with van der Waals surface area (Å²) in [6.45, 7) is 1.10. The van der Waals surface area contributed by atoms with E-state index in [1.165, 1.54) is 25.4 Å². The number of pyridine rings is 1. The summed E-state index contributed by atoms with van der Waals surface area (Å²) in [6.07, 6.45) is -5.20. The molecule has 1 aromatic heterocycles. The topological polar surface area (TPSA) is 123 Å². The third-order valence-corrected chi connectivity index (χ3v) is 7.09. The van der Waals surface area contributed by atoms with E-state index >= 15 is 0 Å². The number of nitro groups is 1. The van der Waals surface area contributed by atoms with Crippen molar-refractivity contribution in [1.82, 2.24) is 4.98 Å². The number of carbonyl (C=O) groups excluding carboxylic acids is 1. The predicted octanol–water partition coefficient (Wildman–Crippen LogP) is 5.62. The first kappa shape index (κ1) is 29.5. The number of benzene rings is 2. The number of nitrogens with zero attached hydrogens (tertiary/aromatic N) is 3. The van der Waals surface area contributed by atoms with Crippen LogP contribution in [0.4, 0.5) is 24.5 Å². The Hall–Kier alpha value is -3.10. The number of anilines is 1. The third-order valence-electron chi connectivity index (χ3n) is 5.16. The lowest BCUT2D eigenvalue weighted by Gasteiger charge is -2.26. The number of non-ortho nitro benzene ring substituents is 1. The fourth-order valence-electron chi connectivity index (χ4n) is 3.37. The molecule has 0 saturated heterocycles. The average Bonchev–Trinajstić information content (AvgIpc) is 2.85. The molecular formula is C23H18Cl2F3N3O6S. The zero-order valence-corrected chi connectivity index (χ0v) is 21.9. The van der Waals surface area contributed by atoms with Crippen molar-refractivity contribution in [3.8, 4) is 0 Å². The van der Waals surface area contributed by atoms with Crippen LogP contribution in [0.3, 0.4) is 0 Å². The SMILES string of the molecule is COCN(c1cc(C)cnc1C(O)c1cc([N+](=O)[O-])ccc1Cl)S(=O)C(=O)c1ccc(Cl)c(C(F)(F)F)c1.